The third-order valence-corrected chi connectivity index (χ3v) is 5.50. The molecule has 2 heterocycles. The maximum absolute atomic E-state index is 13.1. The summed E-state index contributed by atoms with van der Waals surface area (Å²) >= 11 is 5.88. The summed E-state index contributed by atoms with van der Waals surface area (Å²) in [5, 5.41) is 2.66. The van der Waals surface area contributed by atoms with E-state index in [0.29, 0.717) is 18.8 Å². The number of halogens is 2. The average Bonchev–Trinajstić information content (AvgIpc) is 3.23. The molecule has 1 aliphatic rings. The molecule has 30 heavy (non-hydrogen) atoms. The predicted molar refractivity (Wildman–Crippen MR) is 109 cm³/mol. The van der Waals surface area contributed by atoms with E-state index in [4.69, 9.17) is 16.3 Å². The first kappa shape index (κ1) is 21.8. The fraction of sp³-hybridized carbons (Fsp3) is 0.381. The Labute approximate surface area is 178 Å². The van der Waals surface area contributed by atoms with Crippen LogP contribution < -0.4 is 5.32 Å². The summed E-state index contributed by atoms with van der Waals surface area (Å²) in [5.74, 6) is -1.40. The van der Waals surface area contributed by atoms with Crippen molar-refractivity contribution in [3.63, 3.8) is 0 Å². The zero-order chi connectivity index (χ0) is 21.7. The van der Waals surface area contributed by atoms with E-state index in [-0.39, 0.29) is 41.5 Å². The topological polar surface area (TPSA) is 80.6 Å². The lowest BCUT2D eigenvalue weighted by Crippen LogP contribution is -2.40. The fourth-order valence-corrected chi connectivity index (χ4v) is 3.85. The number of nitrogens with one attached hydrogen (secondary N) is 1. The maximum Gasteiger partial charge on any atom is 0.354 e. The second-order valence-corrected chi connectivity index (χ2v) is 7.44. The number of hydrogen-bond donors (Lipinski definition) is 1. The summed E-state index contributed by atoms with van der Waals surface area (Å²) in [6, 6.07) is 7.19. The molecule has 1 fully saturated rings. The number of nitrogens with zero attached hydrogens (tertiary/aromatic N) is 2. The molecule has 0 bridgehead atoms. The van der Waals surface area contributed by atoms with E-state index >= 15 is 0 Å². The van der Waals surface area contributed by atoms with Crippen molar-refractivity contribution in [2.75, 3.05) is 26.7 Å². The molecule has 0 radical (unpaired) electrons. The summed E-state index contributed by atoms with van der Waals surface area (Å²) in [6.45, 7) is 1.30. The number of methoxy groups -OCH3 is 1. The molecule has 0 aliphatic carbocycles. The highest BCUT2D eigenvalue weighted by atomic mass is 35.5. The van der Waals surface area contributed by atoms with Gasteiger partial charge >= 0.3 is 5.97 Å². The van der Waals surface area contributed by atoms with Gasteiger partial charge in [-0.1, -0.05) is 11.6 Å². The van der Waals surface area contributed by atoms with Gasteiger partial charge in [-0.3, -0.25) is 9.59 Å². The first-order valence-corrected chi connectivity index (χ1v) is 10.0. The van der Waals surface area contributed by atoms with Crippen LogP contribution in [0.15, 0.2) is 36.5 Å². The Morgan fingerprint density at radius 2 is 1.97 bits per heavy atom. The molecule has 0 atom stereocenters. The fourth-order valence-electron chi connectivity index (χ4n) is 3.59. The monoisotopic (exact) mass is 435 g/mol. The van der Waals surface area contributed by atoms with Gasteiger partial charge in [-0.25, -0.2) is 9.18 Å². The number of amides is 2. The van der Waals surface area contributed by atoms with Gasteiger partial charge in [0.05, 0.1) is 17.7 Å². The van der Waals surface area contributed by atoms with Gasteiger partial charge < -0.3 is 19.5 Å². The molecule has 1 aromatic heterocycles. The molecule has 0 saturated carbocycles. The van der Waals surface area contributed by atoms with E-state index in [1.807, 2.05) is 10.8 Å². The van der Waals surface area contributed by atoms with Gasteiger partial charge in [0.2, 0.25) is 5.91 Å². The van der Waals surface area contributed by atoms with Crippen molar-refractivity contribution >= 4 is 29.4 Å². The van der Waals surface area contributed by atoms with Crippen LogP contribution in [0.4, 0.5) is 4.39 Å². The predicted octanol–water partition coefficient (Wildman–Crippen LogP) is 3.05. The number of piperidine rings is 1. The van der Waals surface area contributed by atoms with Gasteiger partial charge in [0.1, 0.15) is 11.5 Å². The molecule has 2 aromatic rings. The first-order valence-electron chi connectivity index (χ1n) is 9.67. The molecule has 1 aliphatic heterocycles. The van der Waals surface area contributed by atoms with Crippen molar-refractivity contribution in [2.45, 2.75) is 25.3 Å². The highest BCUT2D eigenvalue weighted by Gasteiger charge is 2.26. The van der Waals surface area contributed by atoms with Crippen LogP contribution in [-0.4, -0.2) is 54.0 Å². The smallest absolute Gasteiger partial charge is 0.354 e. The minimum atomic E-state index is -0.520. The first-order chi connectivity index (χ1) is 14.4. The summed E-state index contributed by atoms with van der Waals surface area (Å²) in [6.07, 6.45) is 3.46. The van der Waals surface area contributed by atoms with Crippen LogP contribution in [-0.2, 0) is 9.53 Å². The van der Waals surface area contributed by atoms with Crippen molar-refractivity contribution in [1.29, 1.82) is 0 Å². The average molecular weight is 436 g/mol. The summed E-state index contributed by atoms with van der Waals surface area (Å²) in [5.41, 5.74) is 0.670. The van der Waals surface area contributed by atoms with Crippen molar-refractivity contribution < 1.29 is 23.5 Å². The molecule has 0 spiro atoms. The SMILES string of the molecule is COC(=O)c1cccn1C1CCN(C(=O)CCNC(=O)c2ccc(F)cc2Cl)CC1. The number of ether oxygens (including phenoxy) is 1. The number of carbonyl (C=O) groups is 3. The Hall–Kier alpha value is -2.87. The molecule has 2 amide bonds. The Morgan fingerprint density at radius 1 is 1.23 bits per heavy atom. The van der Waals surface area contributed by atoms with Crippen molar-refractivity contribution in [3.05, 3.63) is 58.6 Å². The van der Waals surface area contributed by atoms with Crippen LogP contribution in [0.5, 0.6) is 0 Å². The summed E-state index contributed by atoms with van der Waals surface area (Å²) in [7, 11) is 1.35. The number of aromatic nitrogens is 1. The largest absolute Gasteiger partial charge is 0.464 e. The van der Waals surface area contributed by atoms with E-state index in [1.165, 1.54) is 13.2 Å². The number of esters is 1. The highest BCUT2D eigenvalue weighted by Crippen LogP contribution is 2.25. The lowest BCUT2D eigenvalue weighted by atomic mass is 10.0. The minimum Gasteiger partial charge on any atom is -0.464 e. The molecular formula is C21H23ClFN3O4. The molecule has 9 heteroatoms. The molecule has 1 saturated heterocycles. The molecule has 160 valence electrons. The maximum atomic E-state index is 13.1. The van der Waals surface area contributed by atoms with Gasteiger partial charge in [0.25, 0.3) is 5.91 Å². The van der Waals surface area contributed by atoms with Crippen molar-refractivity contribution in [2.24, 2.45) is 0 Å². The Bertz CT molecular complexity index is 938. The van der Waals surface area contributed by atoms with Gasteiger partial charge in [0, 0.05) is 38.3 Å². The Morgan fingerprint density at radius 3 is 2.63 bits per heavy atom. The standard InChI is InChI=1S/C21H23ClFN3O4/c1-30-21(29)18-3-2-10-26(18)15-7-11-25(12-8-15)19(27)6-9-24-20(28)16-5-4-14(23)13-17(16)22/h2-5,10,13,15H,6-9,11-12H2,1H3,(H,24,28). The van der Waals surface area contributed by atoms with Gasteiger partial charge in [0.15, 0.2) is 0 Å². The summed E-state index contributed by atoms with van der Waals surface area (Å²) < 4.78 is 19.8. The van der Waals surface area contributed by atoms with E-state index < -0.39 is 11.7 Å². The van der Waals surface area contributed by atoms with Gasteiger partial charge in [-0.15, -0.1) is 0 Å². The zero-order valence-electron chi connectivity index (χ0n) is 16.6. The van der Waals surface area contributed by atoms with Crippen LogP contribution in [0, 0.1) is 5.82 Å². The van der Waals surface area contributed by atoms with Crippen LogP contribution in [0.25, 0.3) is 0 Å². The normalized spacial score (nSPS) is 14.4. The quantitative estimate of drug-likeness (QED) is 0.707. The van der Waals surface area contributed by atoms with Crippen molar-refractivity contribution in [1.82, 2.24) is 14.8 Å². The van der Waals surface area contributed by atoms with Gasteiger partial charge in [-0.2, -0.15) is 0 Å². The lowest BCUT2D eigenvalue weighted by Gasteiger charge is -2.33. The number of rotatable bonds is 6. The number of benzene rings is 1. The minimum absolute atomic E-state index is 0.0252. The molecule has 1 aromatic carbocycles. The second-order valence-electron chi connectivity index (χ2n) is 7.03. The molecular weight excluding hydrogens is 413 g/mol. The molecule has 3 rings (SSSR count). The zero-order valence-corrected chi connectivity index (χ0v) is 17.3. The van der Waals surface area contributed by atoms with Crippen molar-refractivity contribution in [3.8, 4) is 0 Å². The number of carbonyl (C=O) groups excluding carboxylic acids is 3. The number of likely N-dealkylation sites (tertiary alicyclic amines) is 1. The van der Waals surface area contributed by atoms with Crippen LogP contribution >= 0.6 is 11.6 Å². The van der Waals surface area contributed by atoms with Gasteiger partial charge in [-0.05, 0) is 43.2 Å². The van der Waals surface area contributed by atoms with E-state index in [9.17, 15) is 18.8 Å². The molecule has 1 N–H and O–H groups in total. The summed E-state index contributed by atoms with van der Waals surface area (Å²) in [4.78, 5) is 38.2. The van der Waals surface area contributed by atoms with E-state index in [0.717, 1.165) is 25.0 Å². The highest BCUT2D eigenvalue weighted by molar-refractivity contribution is 6.33. The number of hydrogen-bond acceptors (Lipinski definition) is 4. The lowest BCUT2D eigenvalue weighted by molar-refractivity contribution is -0.132. The molecule has 7 nitrogen and oxygen atoms in total. The second kappa shape index (κ2) is 9.75. The Kier molecular flexibility index (Phi) is 7.10. The van der Waals surface area contributed by atoms with Crippen LogP contribution in [0.2, 0.25) is 5.02 Å². The van der Waals surface area contributed by atoms with Crippen LogP contribution in [0.1, 0.15) is 46.2 Å². The van der Waals surface area contributed by atoms with Crippen LogP contribution in [0.3, 0.4) is 0 Å². The molecule has 0 unspecified atom stereocenters. The van der Waals surface area contributed by atoms with E-state index in [1.54, 1.807) is 17.0 Å². The van der Waals surface area contributed by atoms with E-state index in [2.05, 4.69) is 5.32 Å². The Balaban J connectivity index is 1.46. The third-order valence-electron chi connectivity index (χ3n) is 5.18. The third kappa shape index (κ3) is 4.99.